The average molecular weight is 226 g/mol. The first-order chi connectivity index (χ1) is 7.67. The summed E-state index contributed by atoms with van der Waals surface area (Å²) < 4.78 is 0. The van der Waals surface area contributed by atoms with Crippen LogP contribution in [-0.2, 0) is 0 Å². The van der Waals surface area contributed by atoms with Crippen LogP contribution in [0.1, 0.15) is 47.0 Å². The number of hydrogen-bond donors (Lipinski definition) is 1. The fraction of sp³-hybridized carbons (Fsp3) is 1.00. The lowest BCUT2D eigenvalue weighted by Crippen LogP contribution is -2.43. The minimum absolute atomic E-state index is 0.705. The summed E-state index contributed by atoms with van der Waals surface area (Å²) in [7, 11) is 0. The van der Waals surface area contributed by atoms with Crippen molar-refractivity contribution in [2.45, 2.75) is 53.0 Å². The predicted molar refractivity (Wildman–Crippen MR) is 71.8 cm³/mol. The molecule has 1 fully saturated rings. The lowest BCUT2D eigenvalue weighted by atomic mass is 9.98. The highest BCUT2D eigenvalue weighted by atomic mass is 15.2. The lowest BCUT2D eigenvalue weighted by Gasteiger charge is -2.29. The molecule has 16 heavy (non-hydrogen) atoms. The van der Waals surface area contributed by atoms with E-state index in [4.69, 9.17) is 0 Å². The highest BCUT2D eigenvalue weighted by molar-refractivity contribution is 4.80. The maximum atomic E-state index is 3.71. The van der Waals surface area contributed by atoms with Gasteiger partial charge in [-0.2, -0.15) is 0 Å². The number of nitrogens with zero attached hydrogens (tertiary/aromatic N) is 1. The second kappa shape index (κ2) is 7.29. The van der Waals surface area contributed by atoms with Gasteiger partial charge in [0.05, 0.1) is 0 Å². The molecule has 0 bridgehead atoms. The van der Waals surface area contributed by atoms with E-state index in [2.05, 4.69) is 37.9 Å². The van der Waals surface area contributed by atoms with Crippen LogP contribution in [0.3, 0.4) is 0 Å². The summed E-state index contributed by atoms with van der Waals surface area (Å²) in [6, 6.07) is 0.705. The van der Waals surface area contributed by atoms with Crippen molar-refractivity contribution >= 4 is 0 Å². The molecule has 0 aromatic carbocycles. The van der Waals surface area contributed by atoms with Gasteiger partial charge in [-0.05, 0) is 31.3 Å². The van der Waals surface area contributed by atoms with Crippen molar-refractivity contribution in [2.24, 2.45) is 11.8 Å². The minimum Gasteiger partial charge on any atom is -0.312 e. The largest absolute Gasteiger partial charge is 0.312 e. The van der Waals surface area contributed by atoms with Gasteiger partial charge in [-0.1, -0.05) is 40.5 Å². The van der Waals surface area contributed by atoms with E-state index in [0.29, 0.717) is 6.04 Å². The van der Waals surface area contributed by atoms with Crippen molar-refractivity contribution in [1.29, 1.82) is 0 Å². The van der Waals surface area contributed by atoms with E-state index in [1.807, 2.05) is 0 Å². The second-order valence-electron chi connectivity index (χ2n) is 5.57. The molecule has 1 heterocycles. The van der Waals surface area contributed by atoms with Crippen molar-refractivity contribution < 1.29 is 0 Å². The summed E-state index contributed by atoms with van der Waals surface area (Å²) >= 11 is 0. The molecule has 96 valence electrons. The summed E-state index contributed by atoms with van der Waals surface area (Å²) in [5.41, 5.74) is 0. The van der Waals surface area contributed by atoms with Crippen molar-refractivity contribution in [3.05, 3.63) is 0 Å². The Morgan fingerprint density at radius 3 is 2.62 bits per heavy atom. The van der Waals surface area contributed by atoms with E-state index in [1.54, 1.807) is 0 Å². The fourth-order valence-corrected chi connectivity index (χ4v) is 2.43. The SMILES string of the molecule is CCC(C)CN1CCCNC(C(C)CC)C1. The molecule has 3 unspecified atom stereocenters. The number of hydrogen-bond acceptors (Lipinski definition) is 2. The van der Waals surface area contributed by atoms with Gasteiger partial charge in [-0.25, -0.2) is 0 Å². The Labute approximate surface area is 102 Å². The molecule has 1 saturated heterocycles. The summed E-state index contributed by atoms with van der Waals surface area (Å²) in [4.78, 5) is 2.67. The molecule has 1 N–H and O–H groups in total. The Morgan fingerprint density at radius 2 is 2.00 bits per heavy atom. The Morgan fingerprint density at radius 1 is 1.25 bits per heavy atom. The zero-order valence-electron chi connectivity index (χ0n) is 11.6. The molecule has 0 aromatic rings. The van der Waals surface area contributed by atoms with Crippen LogP contribution in [0.4, 0.5) is 0 Å². The van der Waals surface area contributed by atoms with Gasteiger partial charge in [-0.15, -0.1) is 0 Å². The average Bonchev–Trinajstić information content (AvgIpc) is 2.53. The van der Waals surface area contributed by atoms with E-state index in [9.17, 15) is 0 Å². The Bertz CT molecular complexity index is 182. The van der Waals surface area contributed by atoms with Crippen LogP contribution >= 0.6 is 0 Å². The van der Waals surface area contributed by atoms with Crippen molar-refractivity contribution in [3.8, 4) is 0 Å². The molecular formula is C14H30N2. The van der Waals surface area contributed by atoms with Crippen molar-refractivity contribution in [1.82, 2.24) is 10.2 Å². The highest BCUT2D eigenvalue weighted by Gasteiger charge is 2.22. The number of nitrogens with one attached hydrogen (secondary N) is 1. The summed E-state index contributed by atoms with van der Waals surface area (Å²) in [6.07, 6.45) is 3.90. The van der Waals surface area contributed by atoms with E-state index in [0.717, 1.165) is 11.8 Å². The summed E-state index contributed by atoms with van der Waals surface area (Å²) in [6.45, 7) is 14.4. The second-order valence-corrected chi connectivity index (χ2v) is 5.57. The molecule has 0 spiro atoms. The van der Waals surface area contributed by atoms with Gasteiger partial charge >= 0.3 is 0 Å². The van der Waals surface area contributed by atoms with Gasteiger partial charge in [-0.3, -0.25) is 0 Å². The molecule has 0 aromatic heterocycles. The van der Waals surface area contributed by atoms with Crippen LogP contribution in [0.2, 0.25) is 0 Å². The Hall–Kier alpha value is -0.0800. The van der Waals surface area contributed by atoms with Crippen molar-refractivity contribution in [3.63, 3.8) is 0 Å². The molecule has 2 heteroatoms. The molecule has 0 saturated carbocycles. The first-order valence-electron chi connectivity index (χ1n) is 7.13. The molecule has 1 rings (SSSR count). The van der Waals surface area contributed by atoms with Crippen LogP contribution in [0.25, 0.3) is 0 Å². The first kappa shape index (κ1) is 14.0. The standard InChI is InChI=1S/C14H30N2/c1-5-12(3)10-16-9-7-8-15-14(11-16)13(4)6-2/h12-15H,5-11H2,1-4H3. The maximum absolute atomic E-state index is 3.71. The lowest BCUT2D eigenvalue weighted by molar-refractivity contribution is 0.210. The fourth-order valence-electron chi connectivity index (χ4n) is 2.43. The van der Waals surface area contributed by atoms with Gasteiger partial charge in [0, 0.05) is 19.1 Å². The van der Waals surface area contributed by atoms with Gasteiger partial charge in [0.2, 0.25) is 0 Å². The van der Waals surface area contributed by atoms with E-state index >= 15 is 0 Å². The summed E-state index contributed by atoms with van der Waals surface area (Å²) in [5.74, 6) is 1.65. The highest BCUT2D eigenvalue weighted by Crippen LogP contribution is 2.14. The predicted octanol–water partition coefficient (Wildman–Crippen LogP) is 2.74. The smallest absolute Gasteiger partial charge is 0.0220 e. The van der Waals surface area contributed by atoms with E-state index < -0.39 is 0 Å². The van der Waals surface area contributed by atoms with E-state index in [1.165, 1.54) is 45.4 Å². The molecule has 0 amide bonds. The van der Waals surface area contributed by atoms with Crippen molar-refractivity contribution in [2.75, 3.05) is 26.2 Å². The molecule has 0 aliphatic carbocycles. The molecular weight excluding hydrogens is 196 g/mol. The maximum Gasteiger partial charge on any atom is 0.0220 e. The van der Waals surface area contributed by atoms with Gasteiger partial charge in [0.25, 0.3) is 0 Å². The molecule has 0 radical (unpaired) electrons. The molecule has 1 aliphatic heterocycles. The van der Waals surface area contributed by atoms with Gasteiger partial charge in [0.1, 0.15) is 0 Å². The Balaban J connectivity index is 2.45. The zero-order chi connectivity index (χ0) is 12.0. The molecule has 1 aliphatic rings. The topological polar surface area (TPSA) is 15.3 Å². The van der Waals surface area contributed by atoms with Gasteiger partial charge < -0.3 is 10.2 Å². The van der Waals surface area contributed by atoms with Crippen LogP contribution in [0.15, 0.2) is 0 Å². The van der Waals surface area contributed by atoms with Crippen LogP contribution in [0, 0.1) is 11.8 Å². The number of rotatable bonds is 5. The van der Waals surface area contributed by atoms with E-state index in [-0.39, 0.29) is 0 Å². The molecule has 2 nitrogen and oxygen atoms in total. The first-order valence-corrected chi connectivity index (χ1v) is 7.13. The monoisotopic (exact) mass is 226 g/mol. The summed E-state index contributed by atoms with van der Waals surface area (Å²) in [5, 5.41) is 3.71. The minimum atomic E-state index is 0.705. The quantitative estimate of drug-likeness (QED) is 0.775. The van der Waals surface area contributed by atoms with Crippen LogP contribution in [-0.4, -0.2) is 37.1 Å². The third-order valence-electron chi connectivity index (χ3n) is 4.11. The Kier molecular flexibility index (Phi) is 6.37. The third-order valence-corrected chi connectivity index (χ3v) is 4.11. The van der Waals surface area contributed by atoms with Crippen LogP contribution in [0.5, 0.6) is 0 Å². The third kappa shape index (κ3) is 4.42. The zero-order valence-corrected chi connectivity index (χ0v) is 11.6. The van der Waals surface area contributed by atoms with Crippen LogP contribution < -0.4 is 5.32 Å². The van der Waals surface area contributed by atoms with Gasteiger partial charge in [0.15, 0.2) is 0 Å². The molecule has 3 atom stereocenters. The normalized spacial score (nSPS) is 27.4.